The molecule has 0 aliphatic carbocycles. The van der Waals surface area contributed by atoms with Crippen molar-refractivity contribution >= 4 is 16.9 Å². The predicted molar refractivity (Wildman–Crippen MR) is 111 cm³/mol. The van der Waals surface area contributed by atoms with Gasteiger partial charge in [-0.15, -0.1) is 0 Å². The molecule has 3 rings (SSSR count). The van der Waals surface area contributed by atoms with Gasteiger partial charge in [-0.1, -0.05) is 37.3 Å². The number of benzene rings is 2. The van der Waals surface area contributed by atoms with Gasteiger partial charge in [0.15, 0.2) is 6.10 Å². The summed E-state index contributed by atoms with van der Waals surface area (Å²) in [5, 5.41) is 13.7. The lowest BCUT2D eigenvalue weighted by Gasteiger charge is -2.18. The number of nitrogens with one attached hydrogen (secondary N) is 1. The molecule has 0 unspecified atom stereocenters. The fourth-order valence-electron chi connectivity index (χ4n) is 3.21. The van der Waals surface area contributed by atoms with E-state index in [1.54, 1.807) is 32.0 Å². The second-order valence-electron chi connectivity index (χ2n) is 6.94. The van der Waals surface area contributed by atoms with Crippen LogP contribution in [0.4, 0.5) is 0 Å². The highest BCUT2D eigenvalue weighted by molar-refractivity contribution is 5.85. The summed E-state index contributed by atoms with van der Waals surface area (Å²) in [6.07, 6.45) is -0.865. The first-order valence-corrected chi connectivity index (χ1v) is 9.64. The summed E-state index contributed by atoms with van der Waals surface area (Å²) in [7, 11) is 0. The van der Waals surface area contributed by atoms with Gasteiger partial charge in [-0.05, 0) is 43.5 Å². The summed E-state index contributed by atoms with van der Waals surface area (Å²) in [6, 6.07) is 14.2. The summed E-state index contributed by atoms with van der Waals surface area (Å²) < 4.78 is 11.2. The Morgan fingerprint density at radius 2 is 1.93 bits per heavy atom. The largest absolute Gasteiger partial charge is 0.480 e. The lowest BCUT2D eigenvalue weighted by atomic mass is 10.0. The fraction of sp³-hybridized carbons (Fsp3) is 0.304. The van der Waals surface area contributed by atoms with E-state index in [0.29, 0.717) is 23.3 Å². The number of carbonyl (C=O) groups is 1. The Balaban J connectivity index is 1.70. The molecule has 0 saturated heterocycles. The van der Waals surface area contributed by atoms with Gasteiger partial charge in [0, 0.05) is 23.6 Å². The van der Waals surface area contributed by atoms with Gasteiger partial charge in [-0.3, -0.25) is 4.79 Å². The van der Waals surface area contributed by atoms with Crippen LogP contribution in [0.2, 0.25) is 0 Å². The van der Waals surface area contributed by atoms with Gasteiger partial charge in [-0.2, -0.15) is 0 Å². The molecule has 1 heterocycles. The average Bonchev–Trinajstić information content (AvgIpc) is 2.74. The van der Waals surface area contributed by atoms with E-state index in [9.17, 15) is 14.7 Å². The zero-order valence-electron chi connectivity index (χ0n) is 16.8. The number of hydrogen-bond acceptors (Lipinski definition) is 5. The van der Waals surface area contributed by atoms with Gasteiger partial charge in [0.05, 0.1) is 6.10 Å². The summed E-state index contributed by atoms with van der Waals surface area (Å²) in [4.78, 5) is 24.2. The second kappa shape index (κ2) is 8.92. The van der Waals surface area contributed by atoms with Crippen molar-refractivity contribution in [1.82, 2.24) is 5.32 Å². The van der Waals surface area contributed by atoms with Crippen LogP contribution in [0.15, 0.2) is 57.7 Å². The van der Waals surface area contributed by atoms with E-state index in [2.05, 4.69) is 5.32 Å². The lowest BCUT2D eigenvalue weighted by Crippen LogP contribution is -2.38. The minimum Gasteiger partial charge on any atom is -0.480 e. The molecular formula is C23H25NO5. The Bertz CT molecular complexity index is 1060. The van der Waals surface area contributed by atoms with Gasteiger partial charge in [0.2, 0.25) is 0 Å². The molecule has 0 spiro atoms. The lowest BCUT2D eigenvalue weighted by molar-refractivity contribution is -0.127. The highest BCUT2D eigenvalue weighted by atomic mass is 16.5. The predicted octanol–water partition coefficient (Wildman–Crippen LogP) is 3.28. The van der Waals surface area contributed by atoms with Crippen LogP contribution in [-0.2, 0) is 11.2 Å². The highest BCUT2D eigenvalue weighted by Gasteiger charge is 2.19. The van der Waals surface area contributed by atoms with Crippen molar-refractivity contribution in [1.29, 1.82) is 0 Å². The molecule has 0 fully saturated rings. The van der Waals surface area contributed by atoms with Gasteiger partial charge in [-0.25, -0.2) is 4.79 Å². The number of ether oxygens (including phenoxy) is 1. The van der Waals surface area contributed by atoms with Crippen LogP contribution in [0, 0.1) is 6.92 Å². The summed E-state index contributed by atoms with van der Waals surface area (Å²) in [5.41, 5.74) is 2.37. The number of rotatable bonds is 7. The summed E-state index contributed by atoms with van der Waals surface area (Å²) in [6.45, 7) is 5.49. The molecule has 6 heteroatoms. The zero-order chi connectivity index (χ0) is 21.0. The van der Waals surface area contributed by atoms with E-state index in [-0.39, 0.29) is 12.5 Å². The fourth-order valence-corrected chi connectivity index (χ4v) is 3.21. The normalized spacial score (nSPS) is 13.1. The highest BCUT2D eigenvalue weighted by Crippen LogP contribution is 2.29. The van der Waals surface area contributed by atoms with Crippen LogP contribution in [0.1, 0.15) is 36.6 Å². The maximum atomic E-state index is 12.4. The quantitative estimate of drug-likeness (QED) is 0.600. The molecule has 2 N–H and O–H groups in total. The summed E-state index contributed by atoms with van der Waals surface area (Å²) in [5.74, 6) is 0.128. The molecular weight excluding hydrogens is 370 g/mol. The van der Waals surface area contributed by atoms with E-state index in [0.717, 1.165) is 16.5 Å². The van der Waals surface area contributed by atoms with Crippen molar-refractivity contribution in [2.75, 3.05) is 6.54 Å². The minimum absolute atomic E-state index is 0.0853. The first-order chi connectivity index (χ1) is 13.9. The van der Waals surface area contributed by atoms with E-state index in [1.807, 2.05) is 31.2 Å². The van der Waals surface area contributed by atoms with E-state index in [4.69, 9.17) is 9.15 Å². The number of aryl methyl sites for hydroxylation is 2. The van der Waals surface area contributed by atoms with Crippen molar-refractivity contribution < 1.29 is 19.1 Å². The molecule has 0 bridgehead atoms. The maximum absolute atomic E-state index is 12.4. The molecule has 3 aromatic rings. The van der Waals surface area contributed by atoms with Crippen molar-refractivity contribution in [2.24, 2.45) is 0 Å². The van der Waals surface area contributed by atoms with Crippen molar-refractivity contribution in [3.05, 3.63) is 75.6 Å². The van der Waals surface area contributed by atoms with Gasteiger partial charge in [0.1, 0.15) is 11.3 Å². The first kappa shape index (κ1) is 20.6. The van der Waals surface area contributed by atoms with E-state index < -0.39 is 17.8 Å². The molecule has 0 aliphatic rings. The molecule has 0 saturated carbocycles. The van der Waals surface area contributed by atoms with Crippen molar-refractivity contribution in [3.8, 4) is 5.75 Å². The number of fused-ring (bicyclic) bond motifs is 1. The summed E-state index contributed by atoms with van der Waals surface area (Å²) >= 11 is 0. The zero-order valence-corrected chi connectivity index (χ0v) is 16.8. The van der Waals surface area contributed by atoms with Gasteiger partial charge in [0.25, 0.3) is 5.91 Å². The standard InChI is InChI=1S/C23H25NO5/c1-4-16-12-21(26)29-22-14(2)20(11-10-18(16)22)28-15(3)23(27)24-13-19(25)17-8-6-5-7-9-17/h5-12,15,19,25H,4,13H2,1-3H3,(H,24,27)/t15-,19+/m0/s1. The van der Waals surface area contributed by atoms with Gasteiger partial charge >= 0.3 is 5.63 Å². The number of hydrogen-bond donors (Lipinski definition) is 2. The van der Waals surface area contributed by atoms with Crippen LogP contribution in [0.3, 0.4) is 0 Å². The maximum Gasteiger partial charge on any atom is 0.336 e. The monoisotopic (exact) mass is 395 g/mol. The molecule has 29 heavy (non-hydrogen) atoms. The second-order valence-corrected chi connectivity index (χ2v) is 6.94. The Hall–Kier alpha value is -3.12. The SMILES string of the molecule is CCc1cc(=O)oc2c(C)c(O[C@@H](C)C(=O)NC[C@@H](O)c3ccccc3)ccc12. The minimum atomic E-state index is -0.795. The van der Waals surface area contributed by atoms with Crippen molar-refractivity contribution in [3.63, 3.8) is 0 Å². The number of carbonyl (C=O) groups excluding carboxylic acids is 1. The molecule has 2 atom stereocenters. The van der Waals surface area contributed by atoms with E-state index >= 15 is 0 Å². The van der Waals surface area contributed by atoms with Crippen LogP contribution in [-0.4, -0.2) is 23.7 Å². The molecule has 152 valence electrons. The Labute approximate surface area is 169 Å². The van der Waals surface area contributed by atoms with Crippen LogP contribution < -0.4 is 15.7 Å². The van der Waals surface area contributed by atoms with Crippen LogP contribution >= 0.6 is 0 Å². The number of aliphatic hydroxyl groups excluding tert-OH is 1. The smallest absolute Gasteiger partial charge is 0.336 e. The third-order valence-electron chi connectivity index (χ3n) is 4.90. The average molecular weight is 395 g/mol. The Morgan fingerprint density at radius 1 is 1.21 bits per heavy atom. The molecule has 0 aliphatic heterocycles. The first-order valence-electron chi connectivity index (χ1n) is 9.64. The number of aliphatic hydroxyl groups is 1. The Morgan fingerprint density at radius 3 is 2.62 bits per heavy atom. The molecule has 0 radical (unpaired) electrons. The molecule has 2 aromatic carbocycles. The number of amides is 1. The third kappa shape index (κ3) is 4.66. The topological polar surface area (TPSA) is 88.8 Å². The molecule has 6 nitrogen and oxygen atoms in total. The van der Waals surface area contributed by atoms with Crippen molar-refractivity contribution in [2.45, 2.75) is 39.4 Å². The molecule has 1 aromatic heterocycles. The van der Waals surface area contributed by atoms with Crippen LogP contribution in [0.25, 0.3) is 11.0 Å². The van der Waals surface area contributed by atoms with E-state index in [1.165, 1.54) is 6.07 Å². The van der Waals surface area contributed by atoms with Crippen LogP contribution in [0.5, 0.6) is 5.75 Å². The molecule has 1 amide bonds. The van der Waals surface area contributed by atoms with Gasteiger partial charge < -0.3 is 19.6 Å². The third-order valence-corrected chi connectivity index (χ3v) is 4.90. The Kier molecular flexibility index (Phi) is 6.34.